The molecule has 0 aliphatic carbocycles. The van der Waals surface area contributed by atoms with Crippen LogP contribution < -0.4 is 36.6 Å². The number of carbonyl (C=O) groups excluding carboxylic acids is 1. The number of aromatic nitrogens is 2. The lowest BCUT2D eigenvalue weighted by molar-refractivity contribution is 0.102. The zero-order chi connectivity index (χ0) is 34.5. The molecule has 1 aliphatic rings. The first-order valence-corrected chi connectivity index (χ1v) is 16.3. The average Bonchev–Trinajstić information content (AvgIpc) is 3.12. The van der Waals surface area contributed by atoms with Crippen LogP contribution in [-0.4, -0.2) is 47.7 Å². The molecule has 0 bridgehead atoms. The number of amides is 1. The molecule has 0 atom stereocenters. The highest BCUT2D eigenvalue weighted by Gasteiger charge is 2.19. The van der Waals surface area contributed by atoms with E-state index in [0.29, 0.717) is 27.4 Å². The van der Waals surface area contributed by atoms with Crippen molar-refractivity contribution >= 4 is 35.3 Å². The van der Waals surface area contributed by atoms with Gasteiger partial charge in [0.25, 0.3) is 17.0 Å². The van der Waals surface area contributed by atoms with E-state index >= 15 is 0 Å². The molecule has 0 fully saturated rings. The Morgan fingerprint density at radius 1 is 0.918 bits per heavy atom. The molecule has 0 spiro atoms. The molecule has 0 saturated heterocycles. The van der Waals surface area contributed by atoms with Crippen molar-refractivity contribution in [3.05, 3.63) is 155 Å². The number of nitrogens with zero attached hydrogens (tertiary/aromatic N) is 2. The molecule has 0 radical (unpaired) electrons. The monoisotopic (exact) mass is 676 g/mol. The molecule has 1 aliphatic heterocycles. The van der Waals surface area contributed by atoms with E-state index in [1.807, 2.05) is 24.3 Å². The molecule has 0 unspecified atom stereocenters. The maximum absolute atomic E-state index is 13.1. The quantitative estimate of drug-likeness (QED) is 0.242. The Hall–Kier alpha value is -5.38. The van der Waals surface area contributed by atoms with Crippen molar-refractivity contribution in [3.63, 3.8) is 0 Å². The van der Waals surface area contributed by atoms with E-state index in [9.17, 15) is 14.4 Å². The van der Waals surface area contributed by atoms with Crippen molar-refractivity contribution in [1.29, 1.82) is 0 Å². The molecule has 250 valence electrons. The number of carbonyl (C=O) groups is 1. The van der Waals surface area contributed by atoms with Crippen molar-refractivity contribution in [2.24, 2.45) is 7.05 Å². The summed E-state index contributed by atoms with van der Waals surface area (Å²) in [5.41, 5.74) is 5.43. The standard InChI is InChI=1S/C39H37ClN4O5/c1-43-34(21-29-6-4-5-7-32(29)40)38(46)42-33(39(43)47)20-26-8-12-27(13-9-26)37(45)41-31-14-10-25(11-15-31)16-18-44-19-17-28-22-35(48-2)36(49-3)23-30(28)24-44/h4-15,20-23H,16-19,24H2,1-3H3,(H,41,45)(H,42,46). The SMILES string of the molecule is COc1cc2c(cc1OC)CN(CCc1ccc(NC(=O)c3ccc(C=c4[nH]c(=O)c(=Cc5ccccc5Cl)n(C)c4=O)cc3)cc1)CC2. The van der Waals surface area contributed by atoms with Crippen molar-refractivity contribution in [2.75, 3.05) is 32.6 Å². The van der Waals surface area contributed by atoms with E-state index in [1.54, 1.807) is 82.0 Å². The molecule has 9 nitrogen and oxygen atoms in total. The van der Waals surface area contributed by atoms with Crippen LogP contribution in [0.1, 0.15) is 38.2 Å². The fraction of sp³-hybridized carbons (Fsp3) is 0.205. The number of nitrogens with one attached hydrogen (secondary N) is 2. The molecule has 49 heavy (non-hydrogen) atoms. The highest BCUT2D eigenvalue weighted by Crippen LogP contribution is 2.33. The smallest absolute Gasteiger partial charge is 0.274 e. The Labute approximate surface area is 288 Å². The van der Waals surface area contributed by atoms with Crippen molar-refractivity contribution in [1.82, 2.24) is 14.5 Å². The first-order valence-electron chi connectivity index (χ1n) is 16.0. The lowest BCUT2D eigenvalue weighted by atomic mass is 9.98. The van der Waals surface area contributed by atoms with Crippen LogP contribution in [0.2, 0.25) is 5.02 Å². The molecule has 0 saturated carbocycles. The highest BCUT2D eigenvalue weighted by molar-refractivity contribution is 6.32. The van der Waals surface area contributed by atoms with Gasteiger partial charge in [0.2, 0.25) is 0 Å². The first kappa shape index (κ1) is 33.5. The first-order chi connectivity index (χ1) is 23.7. The van der Waals surface area contributed by atoms with Crippen LogP contribution in [0.5, 0.6) is 11.5 Å². The third kappa shape index (κ3) is 7.69. The summed E-state index contributed by atoms with van der Waals surface area (Å²) in [5.74, 6) is 1.28. The summed E-state index contributed by atoms with van der Waals surface area (Å²) < 4.78 is 12.2. The molecule has 2 N–H and O–H groups in total. The molecule has 5 aromatic rings. The number of ether oxygens (including phenoxy) is 2. The third-order valence-electron chi connectivity index (χ3n) is 8.78. The maximum atomic E-state index is 13.1. The molecule has 1 amide bonds. The van der Waals surface area contributed by atoms with E-state index in [2.05, 4.69) is 27.3 Å². The lowest BCUT2D eigenvalue weighted by Gasteiger charge is -2.29. The number of fused-ring (bicyclic) bond motifs is 1. The van der Waals surface area contributed by atoms with Gasteiger partial charge in [-0.25, -0.2) is 0 Å². The van der Waals surface area contributed by atoms with Crippen LogP contribution in [-0.2, 0) is 26.4 Å². The number of hydrogen-bond donors (Lipinski definition) is 2. The highest BCUT2D eigenvalue weighted by atomic mass is 35.5. The van der Waals surface area contributed by atoms with E-state index in [4.69, 9.17) is 21.1 Å². The minimum Gasteiger partial charge on any atom is -0.493 e. The lowest BCUT2D eigenvalue weighted by Crippen LogP contribution is -2.52. The van der Waals surface area contributed by atoms with Crippen LogP contribution in [0.4, 0.5) is 5.69 Å². The summed E-state index contributed by atoms with van der Waals surface area (Å²) >= 11 is 6.23. The van der Waals surface area contributed by atoms with Crippen molar-refractivity contribution in [3.8, 4) is 11.5 Å². The summed E-state index contributed by atoms with van der Waals surface area (Å²) in [6.45, 7) is 2.77. The number of anilines is 1. The fourth-order valence-electron chi connectivity index (χ4n) is 5.96. The summed E-state index contributed by atoms with van der Waals surface area (Å²) in [5, 5.41) is 3.75. The Morgan fingerprint density at radius 3 is 2.31 bits per heavy atom. The second-order valence-electron chi connectivity index (χ2n) is 12.0. The molecule has 4 aromatic carbocycles. The fourth-order valence-corrected chi connectivity index (χ4v) is 6.15. The largest absolute Gasteiger partial charge is 0.493 e. The van der Waals surface area contributed by atoms with Gasteiger partial charge in [0, 0.05) is 43.0 Å². The summed E-state index contributed by atoms with van der Waals surface area (Å²) in [6, 6.07) is 26.0. The van der Waals surface area contributed by atoms with Gasteiger partial charge in [0.05, 0.1) is 14.2 Å². The number of H-pyrrole nitrogens is 1. The second kappa shape index (κ2) is 14.8. The average molecular weight is 677 g/mol. The van der Waals surface area contributed by atoms with E-state index in [0.717, 1.165) is 44.0 Å². The number of hydrogen-bond acceptors (Lipinski definition) is 6. The molecular formula is C39H37ClN4O5. The number of benzene rings is 4. The van der Waals surface area contributed by atoms with Crippen LogP contribution in [0.15, 0.2) is 94.5 Å². The normalized spacial score (nSPS) is 13.6. The van der Waals surface area contributed by atoms with Crippen LogP contribution in [0.25, 0.3) is 12.2 Å². The van der Waals surface area contributed by atoms with Gasteiger partial charge in [-0.1, -0.05) is 54.1 Å². The van der Waals surface area contributed by atoms with Gasteiger partial charge < -0.3 is 24.3 Å². The van der Waals surface area contributed by atoms with Crippen LogP contribution in [0.3, 0.4) is 0 Å². The molecular weight excluding hydrogens is 640 g/mol. The van der Waals surface area contributed by atoms with E-state index in [1.165, 1.54) is 21.3 Å². The Balaban J connectivity index is 1.07. The Bertz CT molecular complexity index is 2240. The van der Waals surface area contributed by atoms with Gasteiger partial charge in [0.15, 0.2) is 11.5 Å². The minimum atomic E-state index is -0.421. The topological polar surface area (TPSA) is 106 Å². The van der Waals surface area contributed by atoms with Crippen LogP contribution >= 0.6 is 11.6 Å². The molecule has 1 aromatic heterocycles. The summed E-state index contributed by atoms with van der Waals surface area (Å²) in [6.07, 6.45) is 5.03. The maximum Gasteiger partial charge on any atom is 0.274 e. The van der Waals surface area contributed by atoms with Gasteiger partial charge in [-0.3, -0.25) is 19.3 Å². The van der Waals surface area contributed by atoms with Gasteiger partial charge in [-0.05, 0) is 95.3 Å². The van der Waals surface area contributed by atoms with Crippen molar-refractivity contribution < 1.29 is 14.3 Å². The molecule has 6 rings (SSSR count). The predicted molar refractivity (Wildman–Crippen MR) is 193 cm³/mol. The Morgan fingerprint density at radius 2 is 1.61 bits per heavy atom. The van der Waals surface area contributed by atoms with Gasteiger partial charge in [0.1, 0.15) is 10.7 Å². The van der Waals surface area contributed by atoms with Crippen LogP contribution in [0, 0.1) is 0 Å². The van der Waals surface area contributed by atoms with Gasteiger partial charge >= 0.3 is 0 Å². The number of halogens is 1. The number of aromatic amines is 1. The zero-order valence-electron chi connectivity index (χ0n) is 27.6. The molecule has 2 heterocycles. The molecule has 10 heteroatoms. The zero-order valence-corrected chi connectivity index (χ0v) is 28.3. The summed E-state index contributed by atoms with van der Waals surface area (Å²) in [7, 11) is 4.87. The van der Waals surface area contributed by atoms with E-state index in [-0.39, 0.29) is 22.2 Å². The van der Waals surface area contributed by atoms with Crippen molar-refractivity contribution in [2.45, 2.75) is 19.4 Å². The number of rotatable bonds is 9. The predicted octanol–water partition coefficient (Wildman–Crippen LogP) is 4.25. The second-order valence-corrected chi connectivity index (χ2v) is 12.4. The van der Waals surface area contributed by atoms with E-state index < -0.39 is 5.56 Å². The number of methoxy groups -OCH3 is 2. The summed E-state index contributed by atoms with van der Waals surface area (Å²) in [4.78, 5) is 44.0. The van der Waals surface area contributed by atoms with Gasteiger partial charge in [-0.2, -0.15) is 0 Å². The third-order valence-corrected chi connectivity index (χ3v) is 9.13. The van der Waals surface area contributed by atoms with Gasteiger partial charge in [-0.15, -0.1) is 0 Å². The Kier molecular flexibility index (Phi) is 10.1. The minimum absolute atomic E-state index is 0.132.